The summed E-state index contributed by atoms with van der Waals surface area (Å²) in [4.78, 5) is 2.35. The van der Waals surface area contributed by atoms with Crippen molar-refractivity contribution in [1.29, 1.82) is 0 Å². The molecule has 9 aromatic carbocycles. The molecule has 11 rings (SSSR count). The Morgan fingerprint density at radius 3 is 1.12 bits per heavy atom. The minimum atomic E-state index is 1.09. The molecule has 0 amide bonds. The third-order valence-electron chi connectivity index (χ3n) is 11.3. The van der Waals surface area contributed by atoms with Crippen LogP contribution in [0.5, 0.6) is 0 Å². The van der Waals surface area contributed by atoms with Gasteiger partial charge in [0.15, 0.2) is 0 Å². The van der Waals surface area contributed by atoms with Crippen LogP contribution in [-0.4, -0.2) is 9.13 Å². The summed E-state index contributed by atoms with van der Waals surface area (Å²) in [6.45, 7) is 0. The minimum absolute atomic E-state index is 1.09. The van der Waals surface area contributed by atoms with Crippen molar-refractivity contribution in [1.82, 2.24) is 9.13 Å². The van der Waals surface area contributed by atoms with Crippen LogP contribution in [0.1, 0.15) is 0 Å². The van der Waals surface area contributed by atoms with E-state index in [0.717, 1.165) is 28.4 Å². The molecular weight excluding hydrogens is 691 g/mol. The van der Waals surface area contributed by atoms with E-state index in [1.807, 2.05) is 0 Å². The Morgan fingerprint density at radius 1 is 0.246 bits per heavy atom. The fourth-order valence-corrected chi connectivity index (χ4v) is 8.64. The van der Waals surface area contributed by atoms with Gasteiger partial charge in [0.05, 0.1) is 22.1 Å². The predicted molar refractivity (Wildman–Crippen MR) is 241 cm³/mol. The molecular formula is C54H37N3. The van der Waals surface area contributed by atoms with E-state index in [4.69, 9.17) is 0 Å². The first-order valence-electron chi connectivity index (χ1n) is 19.5. The van der Waals surface area contributed by atoms with Crippen molar-refractivity contribution in [3.05, 3.63) is 224 Å². The van der Waals surface area contributed by atoms with Gasteiger partial charge in [-0.2, -0.15) is 0 Å². The molecule has 0 N–H and O–H groups in total. The van der Waals surface area contributed by atoms with Gasteiger partial charge >= 0.3 is 0 Å². The largest absolute Gasteiger partial charge is 0.311 e. The molecule has 0 atom stereocenters. The molecule has 0 aliphatic carbocycles. The first kappa shape index (κ1) is 32.8. The van der Waals surface area contributed by atoms with E-state index in [0.29, 0.717) is 0 Å². The fourth-order valence-electron chi connectivity index (χ4n) is 8.64. The monoisotopic (exact) mass is 727 g/mol. The Morgan fingerprint density at radius 2 is 0.596 bits per heavy atom. The highest BCUT2D eigenvalue weighted by molar-refractivity contribution is 6.11. The number of benzene rings is 9. The second kappa shape index (κ2) is 13.6. The van der Waals surface area contributed by atoms with E-state index in [2.05, 4.69) is 238 Å². The molecule has 0 bridgehead atoms. The molecule has 11 aromatic rings. The second-order valence-electron chi connectivity index (χ2n) is 14.6. The zero-order chi connectivity index (χ0) is 37.7. The van der Waals surface area contributed by atoms with Gasteiger partial charge in [-0.15, -0.1) is 0 Å². The number of nitrogens with zero attached hydrogens (tertiary/aromatic N) is 3. The Kier molecular flexibility index (Phi) is 7.82. The van der Waals surface area contributed by atoms with Gasteiger partial charge in [0, 0.05) is 50.0 Å². The van der Waals surface area contributed by atoms with Crippen LogP contribution in [0.4, 0.5) is 17.1 Å². The van der Waals surface area contributed by atoms with Crippen molar-refractivity contribution in [3.63, 3.8) is 0 Å². The first-order chi connectivity index (χ1) is 28.3. The maximum Gasteiger partial charge on any atom is 0.0547 e. The van der Waals surface area contributed by atoms with Crippen LogP contribution < -0.4 is 4.90 Å². The molecule has 0 spiro atoms. The Bertz CT molecular complexity index is 3140. The highest BCUT2D eigenvalue weighted by Crippen LogP contribution is 2.40. The van der Waals surface area contributed by atoms with Crippen LogP contribution in [0.3, 0.4) is 0 Å². The van der Waals surface area contributed by atoms with Gasteiger partial charge in [0.2, 0.25) is 0 Å². The minimum Gasteiger partial charge on any atom is -0.311 e. The van der Waals surface area contributed by atoms with Crippen molar-refractivity contribution in [3.8, 4) is 33.6 Å². The lowest BCUT2D eigenvalue weighted by molar-refractivity contribution is 1.17. The lowest BCUT2D eigenvalue weighted by Gasteiger charge is -2.26. The number of aromatic nitrogens is 2. The number of hydrogen-bond acceptors (Lipinski definition) is 1. The van der Waals surface area contributed by atoms with E-state index in [-0.39, 0.29) is 0 Å². The van der Waals surface area contributed by atoms with Gasteiger partial charge in [-0.1, -0.05) is 140 Å². The maximum absolute atomic E-state index is 2.38. The van der Waals surface area contributed by atoms with E-state index >= 15 is 0 Å². The van der Waals surface area contributed by atoms with E-state index < -0.39 is 0 Å². The number of hydrogen-bond donors (Lipinski definition) is 0. The van der Waals surface area contributed by atoms with Gasteiger partial charge in [0.25, 0.3) is 0 Å². The molecule has 0 fully saturated rings. The Hall–Kier alpha value is -7.62. The molecule has 0 aliphatic heterocycles. The average Bonchev–Trinajstić information content (AvgIpc) is 3.80. The summed E-state index contributed by atoms with van der Waals surface area (Å²) >= 11 is 0. The van der Waals surface area contributed by atoms with Crippen molar-refractivity contribution < 1.29 is 0 Å². The number of fused-ring (bicyclic) bond motifs is 6. The summed E-state index contributed by atoms with van der Waals surface area (Å²) in [6.07, 6.45) is 0. The van der Waals surface area contributed by atoms with Crippen molar-refractivity contribution >= 4 is 60.7 Å². The number of para-hydroxylation sites is 4. The molecule has 3 nitrogen and oxygen atoms in total. The molecule has 268 valence electrons. The highest BCUT2D eigenvalue weighted by atomic mass is 15.1. The zero-order valence-electron chi connectivity index (χ0n) is 31.2. The van der Waals surface area contributed by atoms with Crippen LogP contribution in [0.25, 0.3) is 77.2 Å². The molecule has 0 aliphatic rings. The SMILES string of the molecule is c1ccc(-c2ccc(N(c3ccc(-c4ccc5c6ccccc6n(-c6ccccc6)c5c4)cc3)c3ccc(-n4c5ccccc5c5ccccc54)cc3)cc2)cc1. The summed E-state index contributed by atoms with van der Waals surface area (Å²) in [5.41, 5.74) is 15.2. The molecule has 3 heteroatoms. The van der Waals surface area contributed by atoms with Gasteiger partial charge in [0.1, 0.15) is 0 Å². The third kappa shape index (κ3) is 5.60. The van der Waals surface area contributed by atoms with Crippen molar-refractivity contribution in [2.75, 3.05) is 4.90 Å². The number of rotatable bonds is 7. The third-order valence-corrected chi connectivity index (χ3v) is 11.3. The summed E-state index contributed by atoms with van der Waals surface area (Å²) in [5, 5.41) is 5.04. The lowest BCUT2D eigenvalue weighted by Crippen LogP contribution is -2.10. The average molecular weight is 728 g/mol. The Balaban J connectivity index is 1.00. The molecule has 57 heavy (non-hydrogen) atoms. The van der Waals surface area contributed by atoms with Crippen molar-refractivity contribution in [2.45, 2.75) is 0 Å². The van der Waals surface area contributed by atoms with Gasteiger partial charge in [-0.3, -0.25) is 0 Å². The van der Waals surface area contributed by atoms with Gasteiger partial charge in [-0.25, -0.2) is 0 Å². The molecule has 2 aromatic heterocycles. The normalized spacial score (nSPS) is 11.5. The van der Waals surface area contributed by atoms with Crippen molar-refractivity contribution in [2.24, 2.45) is 0 Å². The maximum atomic E-state index is 2.38. The fraction of sp³-hybridized carbons (Fsp3) is 0. The van der Waals surface area contributed by atoms with Gasteiger partial charge < -0.3 is 14.0 Å². The first-order valence-corrected chi connectivity index (χ1v) is 19.5. The van der Waals surface area contributed by atoms with Crippen LogP contribution in [0, 0.1) is 0 Å². The van der Waals surface area contributed by atoms with Gasteiger partial charge in [-0.05, 0) is 107 Å². The summed E-state index contributed by atoms with van der Waals surface area (Å²) in [5.74, 6) is 0. The predicted octanol–water partition coefficient (Wildman–Crippen LogP) is 14.7. The van der Waals surface area contributed by atoms with Crippen LogP contribution in [0.15, 0.2) is 224 Å². The van der Waals surface area contributed by atoms with E-state index in [1.54, 1.807) is 0 Å². The zero-order valence-corrected chi connectivity index (χ0v) is 31.2. The van der Waals surface area contributed by atoms with E-state index in [9.17, 15) is 0 Å². The quantitative estimate of drug-likeness (QED) is 0.159. The summed E-state index contributed by atoms with van der Waals surface area (Å²) in [7, 11) is 0. The topological polar surface area (TPSA) is 13.1 Å². The van der Waals surface area contributed by atoms with Crippen LogP contribution >= 0.6 is 0 Å². The second-order valence-corrected chi connectivity index (χ2v) is 14.6. The van der Waals surface area contributed by atoms with Crippen LogP contribution in [0.2, 0.25) is 0 Å². The Labute approximate surface area is 331 Å². The summed E-state index contributed by atoms with van der Waals surface area (Å²) < 4.78 is 4.75. The summed E-state index contributed by atoms with van der Waals surface area (Å²) in [6, 6.07) is 81.0. The smallest absolute Gasteiger partial charge is 0.0547 e. The molecule has 0 unspecified atom stereocenters. The molecule has 0 radical (unpaired) electrons. The standard InChI is InChI=1S/C54H37N3/c1-3-13-38(14-4-1)39-23-28-43(29-24-39)55(45-32-34-46(35-33-45)56-51-20-10-7-17-47(51)48-18-8-11-21-52(48)56)44-30-25-40(26-31-44)41-27-36-50-49-19-9-12-22-53(49)57(54(50)37-41)42-15-5-2-6-16-42/h1-37H. The van der Waals surface area contributed by atoms with Crippen LogP contribution in [-0.2, 0) is 0 Å². The number of anilines is 3. The van der Waals surface area contributed by atoms with E-state index in [1.165, 1.54) is 65.9 Å². The molecule has 0 saturated carbocycles. The lowest BCUT2D eigenvalue weighted by atomic mass is 10.0. The highest BCUT2D eigenvalue weighted by Gasteiger charge is 2.17. The molecule has 2 heterocycles. The molecule has 0 saturated heterocycles.